The fraction of sp³-hybridized carbons (Fsp3) is 0.417. The van der Waals surface area contributed by atoms with Crippen LogP contribution in [-0.2, 0) is 10.2 Å². The van der Waals surface area contributed by atoms with Gasteiger partial charge in [-0.15, -0.1) is 0 Å². The lowest BCUT2D eigenvalue weighted by Gasteiger charge is -2.28. The van der Waals surface area contributed by atoms with Crippen LogP contribution in [0.2, 0.25) is 10.0 Å². The molecular formula is C24H26Cl2FN3O. The summed E-state index contributed by atoms with van der Waals surface area (Å²) in [4.78, 5) is 13.4. The van der Waals surface area contributed by atoms with E-state index < -0.39 is 5.41 Å². The first-order chi connectivity index (χ1) is 14.9. The zero-order valence-electron chi connectivity index (χ0n) is 17.5. The Hall–Kier alpha value is -2.11. The zero-order chi connectivity index (χ0) is 22.0. The van der Waals surface area contributed by atoms with Gasteiger partial charge in [-0.3, -0.25) is 9.80 Å². The molecular weight excluding hydrogens is 436 g/mol. The lowest BCUT2D eigenvalue weighted by atomic mass is 9.78. The van der Waals surface area contributed by atoms with Crippen molar-refractivity contribution in [3.63, 3.8) is 0 Å². The fourth-order valence-electron chi connectivity index (χ4n) is 4.49. The van der Waals surface area contributed by atoms with E-state index in [9.17, 15) is 9.18 Å². The molecule has 1 N–H and O–H groups in total. The SMILES string of the molecule is CC1(c2ccc(F)cc2)CN(c2ccc(Cl)cc2Cl)N=C1C(=O)NC1CCCCCC1. The molecule has 1 heterocycles. The van der Waals surface area contributed by atoms with E-state index in [1.165, 1.54) is 25.0 Å². The van der Waals surface area contributed by atoms with Gasteiger partial charge in [0.2, 0.25) is 0 Å². The zero-order valence-corrected chi connectivity index (χ0v) is 19.0. The van der Waals surface area contributed by atoms with E-state index in [2.05, 4.69) is 5.32 Å². The summed E-state index contributed by atoms with van der Waals surface area (Å²) in [6.45, 7) is 2.38. The van der Waals surface area contributed by atoms with Gasteiger partial charge in [0, 0.05) is 11.1 Å². The number of anilines is 1. The van der Waals surface area contributed by atoms with Crippen LogP contribution in [0.1, 0.15) is 51.0 Å². The average Bonchev–Trinajstić information content (AvgIpc) is 2.90. The van der Waals surface area contributed by atoms with Crippen molar-refractivity contribution in [2.45, 2.75) is 56.9 Å². The number of nitrogens with zero attached hydrogens (tertiary/aromatic N) is 2. The Balaban J connectivity index is 1.68. The molecule has 1 fully saturated rings. The number of rotatable bonds is 4. The molecule has 0 bridgehead atoms. The number of halogens is 3. The van der Waals surface area contributed by atoms with Crippen LogP contribution in [0.5, 0.6) is 0 Å². The van der Waals surface area contributed by atoms with Crippen molar-refractivity contribution < 1.29 is 9.18 Å². The van der Waals surface area contributed by atoms with E-state index in [4.69, 9.17) is 28.3 Å². The quantitative estimate of drug-likeness (QED) is 0.558. The highest BCUT2D eigenvalue weighted by Gasteiger charge is 2.45. The number of carbonyl (C=O) groups is 1. The molecule has 2 aromatic rings. The Labute approximate surface area is 192 Å². The van der Waals surface area contributed by atoms with Crippen molar-refractivity contribution in [3.8, 4) is 0 Å². The number of amides is 1. The highest BCUT2D eigenvalue weighted by atomic mass is 35.5. The smallest absolute Gasteiger partial charge is 0.268 e. The van der Waals surface area contributed by atoms with Crippen LogP contribution in [-0.4, -0.2) is 24.2 Å². The number of carbonyl (C=O) groups excluding carboxylic acids is 1. The van der Waals surface area contributed by atoms with Gasteiger partial charge in [-0.25, -0.2) is 4.39 Å². The molecule has 164 valence electrons. The van der Waals surface area contributed by atoms with Crippen LogP contribution in [0.3, 0.4) is 0 Å². The Bertz CT molecular complexity index is 987. The molecule has 0 radical (unpaired) electrons. The molecule has 1 amide bonds. The van der Waals surface area contributed by atoms with Gasteiger partial charge in [0.25, 0.3) is 5.91 Å². The van der Waals surface area contributed by atoms with E-state index in [1.54, 1.807) is 35.3 Å². The minimum Gasteiger partial charge on any atom is -0.348 e. The van der Waals surface area contributed by atoms with Gasteiger partial charge in [-0.2, -0.15) is 5.10 Å². The molecule has 31 heavy (non-hydrogen) atoms. The number of hydrogen-bond acceptors (Lipinski definition) is 3. The van der Waals surface area contributed by atoms with E-state index in [0.717, 1.165) is 31.2 Å². The molecule has 1 unspecified atom stereocenters. The average molecular weight is 462 g/mol. The van der Waals surface area contributed by atoms with Crippen molar-refractivity contribution in [2.75, 3.05) is 11.6 Å². The van der Waals surface area contributed by atoms with Crippen molar-refractivity contribution in [1.82, 2.24) is 5.32 Å². The number of hydrogen-bond donors (Lipinski definition) is 1. The second-order valence-electron chi connectivity index (χ2n) is 8.60. The molecule has 4 rings (SSSR count). The molecule has 1 saturated carbocycles. The first kappa shape index (κ1) is 22.1. The van der Waals surface area contributed by atoms with Crippen molar-refractivity contribution in [3.05, 3.63) is 63.9 Å². The maximum absolute atomic E-state index is 13.6. The minimum atomic E-state index is -0.717. The lowest BCUT2D eigenvalue weighted by molar-refractivity contribution is -0.115. The molecule has 0 spiro atoms. The minimum absolute atomic E-state index is 0.156. The van der Waals surface area contributed by atoms with E-state index in [-0.39, 0.29) is 17.8 Å². The van der Waals surface area contributed by atoms with Gasteiger partial charge in [0.15, 0.2) is 0 Å². The van der Waals surface area contributed by atoms with Crippen LogP contribution in [0.15, 0.2) is 47.6 Å². The molecule has 4 nitrogen and oxygen atoms in total. The van der Waals surface area contributed by atoms with Gasteiger partial charge in [-0.1, -0.05) is 61.0 Å². The third kappa shape index (κ3) is 4.73. The number of hydrazone groups is 1. The third-order valence-corrected chi connectivity index (χ3v) is 6.82. The summed E-state index contributed by atoms with van der Waals surface area (Å²) in [7, 11) is 0. The Morgan fingerprint density at radius 3 is 2.42 bits per heavy atom. The van der Waals surface area contributed by atoms with Crippen LogP contribution >= 0.6 is 23.2 Å². The highest BCUT2D eigenvalue weighted by molar-refractivity contribution is 6.43. The molecule has 7 heteroatoms. The summed E-state index contributed by atoms with van der Waals surface area (Å²) >= 11 is 12.5. The predicted molar refractivity (Wildman–Crippen MR) is 125 cm³/mol. The second kappa shape index (κ2) is 9.17. The summed E-state index contributed by atoms with van der Waals surface area (Å²) in [6.07, 6.45) is 6.64. The maximum atomic E-state index is 13.6. The monoisotopic (exact) mass is 461 g/mol. The Kier molecular flexibility index (Phi) is 6.54. The standard InChI is InChI=1S/C24H26Cl2FN3O/c1-24(16-8-11-18(27)12-9-16)15-30(21-13-10-17(25)14-20(21)26)29-22(24)23(31)28-19-6-4-2-3-5-7-19/h8-14,19H,2-7,15H2,1H3,(H,28,31). The highest BCUT2D eigenvalue weighted by Crippen LogP contribution is 2.38. The lowest BCUT2D eigenvalue weighted by Crippen LogP contribution is -2.47. The summed E-state index contributed by atoms with van der Waals surface area (Å²) in [6, 6.07) is 11.6. The Morgan fingerprint density at radius 1 is 1.10 bits per heavy atom. The number of nitrogens with one attached hydrogen (secondary N) is 1. The molecule has 2 aromatic carbocycles. The molecule has 0 aromatic heterocycles. The molecule has 2 aliphatic rings. The molecule has 1 atom stereocenters. The predicted octanol–water partition coefficient (Wildman–Crippen LogP) is 6.11. The van der Waals surface area contributed by atoms with Crippen LogP contribution < -0.4 is 10.3 Å². The first-order valence-electron chi connectivity index (χ1n) is 10.8. The molecule has 0 saturated heterocycles. The first-order valence-corrected chi connectivity index (χ1v) is 11.5. The van der Waals surface area contributed by atoms with Gasteiger partial charge in [0.1, 0.15) is 11.5 Å². The van der Waals surface area contributed by atoms with Crippen LogP contribution in [0.25, 0.3) is 0 Å². The molecule has 1 aliphatic carbocycles. The maximum Gasteiger partial charge on any atom is 0.268 e. The van der Waals surface area contributed by atoms with Crippen LogP contribution in [0, 0.1) is 5.82 Å². The van der Waals surface area contributed by atoms with Crippen molar-refractivity contribution in [1.29, 1.82) is 0 Å². The van der Waals surface area contributed by atoms with E-state index >= 15 is 0 Å². The van der Waals surface area contributed by atoms with Gasteiger partial charge in [-0.05, 0) is 55.7 Å². The van der Waals surface area contributed by atoms with Gasteiger partial charge in [0.05, 0.1) is 22.7 Å². The van der Waals surface area contributed by atoms with E-state index in [0.29, 0.717) is 28.0 Å². The van der Waals surface area contributed by atoms with Crippen molar-refractivity contribution in [2.24, 2.45) is 5.10 Å². The summed E-state index contributed by atoms with van der Waals surface area (Å²) in [5.74, 6) is -0.490. The topological polar surface area (TPSA) is 44.7 Å². The Morgan fingerprint density at radius 2 is 1.77 bits per heavy atom. The van der Waals surface area contributed by atoms with E-state index in [1.807, 2.05) is 6.92 Å². The van der Waals surface area contributed by atoms with Crippen molar-refractivity contribution >= 4 is 40.5 Å². The second-order valence-corrected chi connectivity index (χ2v) is 9.45. The number of benzene rings is 2. The largest absolute Gasteiger partial charge is 0.348 e. The van der Waals surface area contributed by atoms with Crippen LogP contribution in [0.4, 0.5) is 10.1 Å². The van der Waals surface area contributed by atoms with Gasteiger partial charge >= 0.3 is 0 Å². The normalized spacial score (nSPS) is 22.2. The van der Waals surface area contributed by atoms with Gasteiger partial charge < -0.3 is 5.32 Å². The summed E-state index contributed by atoms with van der Waals surface area (Å²) < 4.78 is 13.6. The molecule has 1 aliphatic heterocycles. The summed E-state index contributed by atoms with van der Waals surface area (Å²) in [5, 5.41) is 10.6. The summed E-state index contributed by atoms with van der Waals surface area (Å²) in [5.41, 5.74) is 1.20. The fourth-order valence-corrected chi connectivity index (χ4v) is 5.00. The third-order valence-electron chi connectivity index (χ3n) is 6.28.